The Labute approximate surface area is 148 Å². The maximum absolute atomic E-state index is 12.9. The number of rotatable bonds is 4. The normalized spacial score (nSPS) is 11.5. The molecule has 25 heavy (non-hydrogen) atoms. The van der Waals surface area contributed by atoms with E-state index >= 15 is 0 Å². The van der Waals surface area contributed by atoms with Crippen LogP contribution in [0.3, 0.4) is 0 Å². The van der Waals surface area contributed by atoms with Gasteiger partial charge in [0.05, 0.1) is 23.5 Å². The van der Waals surface area contributed by atoms with Gasteiger partial charge in [-0.15, -0.1) is 0 Å². The van der Waals surface area contributed by atoms with Crippen molar-refractivity contribution in [2.75, 3.05) is 10.6 Å². The third-order valence-corrected chi connectivity index (χ3v) is 3.94. The lowest BCUT2D eigenvalue weighted by Gasteiger charge is -2.24. The van der Waals surface area contributed by atoms with E-state index in [4.69, 9.17) is 10.2 Å². The molecular formula is C15H11BrF3N5O. The molecule has 0 aliphatic rings. The zero-order valence-corrected chi connectivity index (χ0v) is 14.1. The van der Waals surface area contributed by atoms with Crippen molar-refractivity contribution in [1.82, 2.24) is 15.0 Å². The van der Waals surface area contributed by atoms with E-state index in [1.54, 1.807) is 11.0 Å². The molecule has 3 rings (SSSR count). The number of hydrogen-bond donors (Lipinski definition) is 1. The number of oxazole rings is 1. The topological polar surface area (TPSA) is 81.1 Å². The number of hydrogen-bond acceptors (Lipinski definition) is 6. The van der Waals surface area contributed by atoms with Gasteiger partial charge in [-0.05, 0) is 40.2 Å². The summed E-state index contributed by atoms with van der Waals surface area (Å²) in [6, 6.07) is 4.96. The first-order valence-electron chi connectivity index (χ1n) is 6.94. The van der Waals surface area contributed by atoms with Crippen LogP contribution in [0.2, 0.25) is 0 Å². The monoisotopic (exact) mass is 413 g/mol. The molecule has 130 valence electrons. The van der Waals surface area contributed by atoms with Crippen molar-refractivity contribution in [3.63, 3.8) is 0 Å². The van der Waals surface area contributed by atoms with E-state index < -0.39 is 11.7 Å². The number of nitrogens with two attached hydrogens (primary N) is 1. The van der Waals surface area contributed by atoms with Crippen molar-refractivity contribution in [2.45, 2.75) is 12.7 Å². The van der Waals surface area contributed by atoms with Crippen LogP contribution in [0.5, 0.6) is 0 Å². The fourth-order valence-corrected chi connectivity index (χ4v) is 2.78. The predicted molar refractivity (Wildman–Crippen MR) is 87.9 cm³/mol. The molecule has 0 radical (unpaired) electrons. The average molecular weight is 414 g/mol. The van der Waals surface area contributed by atoms with Gasteiger partial charge in [0.25, 0.3) is 0 Å². The minimum Gasteiger partial charge on any atom is -0.451 e. The second kappa shape index (κ2) is 6.71. The molecule has 0 spiro atoms. The molecule has 10 heteroatoms. The number of aromatic nitrogens is 3. The van der Waals surface area contributed by atoms with Crippen LogP contribution >= 0.6 is 15.9 Å². The molecular weight excluding hydrogens is 403 g/mol. The number of nitrogens with zero attached hydrogens (tertiary/aromatic N) is 4. The summed E-state index contributed by atoms with van der Waals surface area (Å²) in [6.07, 6.45) is -0.262. The van der Waals surface area contributed by atoms with Crippen molar-refractivity contribution < 1.29 is 17.6 Å². The highest BCUT2D eigenvalue weighted by Gasteiger charge is 2.31. The minimum atomic E-state index is -4.43. The Hall–Kier alpha value is -2.62. The lowest BCUT2D eigenvalue weighted by molar-refractivity contribution is -0.137. The standard InChI is InChI=1S/C15H11BrF3N5O/c16-11-5-9(15(17,18)19)1-2-12(11)24(6-10-7-25-8-22-10)13-3-4-21-14(20)23-13/h1-5,7-8H,6H2,(H2,20,21,23). The predicted octanol–water partition coefficient (Wildman–Crippen LogP) is 4.17. The fraction of sp³-hybridized carbons (Fsp3) is 0.133. The van der Waals surface area contributed by atoms with E-state index in [1.165, 1.54) is 24.9 Å². The van der Waals surface area contributed by atoms with Gasteiger partial charge in [0.15, 0.2) is 6.39 Å². The third kappa shape index (κ3) is 3.90. The van der Waals surface area contributed by atoms with Crippen LogP contribution < -0.4 is 10.6 Å². The zero-order chi connectivity index (χ0) is 18.0. The summed E-state index contributed by atoms with van der Waals surface area (Å²) < 4.78 is 43.9. The summed E-state index contributed by atoms with van der Waals surface area (Å²) in [5, 5.41) is 0. The molecule has 0 saturated carbocycles. The second-order valence-corrected chi connectivity index (χ2v) is 5.86. The van der Waals surface area contributed by atoms with Crippen LogP contribution in [0.4, 0.5) is 30.6 Å². The lowest BCUT2D eigenvalue weighted by Crippen LogP contribution is -2.19. The van der Waals surface area contributed by atoms with Crippen LogP contribution in [-0.2, 0) is 12.7 Å². The summed E-state index contributed by atoms with van der Waals surface area (Å²) in [5.41, 5.74) is 5.91. The van der Waals surface area contributed by atoms with Gasteiger partial charge >= 0.3 is 6.18 Å². The quantitative estimate of drug-likeness (QED) is 0.691. The smallest absolute Gasteiger partial charge is 0.416 e. The van der Waals surface area contributed by atoms with E-state index in [-0.39, 0.29) is 17.0 Å². The summed E-state index contributed by atoms with van der Waals surface area (Å²) in [7, 11) is 0. The fourth-order valence-electron chi connectivity index (χ4n) is 2.18. The molecule has 1 aromatic carbocycles. The average Bonchev–Trinajstić information content (AvgIpc) is 3.05. The Morgan fingerprint density at radius 1 is 1.20 bits per heavy atom. The number of halogens is 4. The van der Waals surface area contributed by atoms with Gasteiger partial charge in [0.2, 0.25) is 5.95 Å². The summed E-state index contributed by atoms with van der Waals surface area (Å²) >= 11 is 3.20. The first-order valence-corrected chi connectivity index (χ1v) is 7.74. The van der Waals surface area contributed by atoms with Gasteiger partial charge in [0.1, 0.15) is 12.1 Å². The molecule has 0 aliphatic heterocycles. The molecule has 0 bridgehead atoms. The molecule has 3 aromatic rings. The highest BCUT2D eigenvalue weighted by atomic mass is 79.9. The zero-order valence-electron chi connectivity index (χ0n) is 12.5. The number of nitrogen functional groups attached to an aromatic ring is 1. The molecule has 0 atom stereocenters. The maximum atomic E-state index is 12.9. The summed E-state index contributed by atoms with van der Waals surface area (Å²) in [4.78, 5) is 13.7. The second-order valence-electron chi connectivity index (χ2n) is 5.00. The molecule has 0 saturated heterocycles. The molecule has 0 unspecified atom stereocenters. The van der Waals surface area contributed by atoms with Gasteiger partial charge in [-0.3, -0.25) is 0 Å². The van der Waals surface area contributed by atoms with Crippen molar-refractivity contribution in [1.29, 1.82) is 0 Å². The van der Waals surface area contributed by atoms with Gasteiger partial charge in [-0.2, -0.15) is 18.2 Å². The van der Waals surface area contributed by atoms with Gasteiger partial charge in [-0.1, -0.05) is 0 Å². The van der Waals surface area contributed by atoms with Crippen LogP contribution in [0, 0.1) is 0 Å². The number of benzene rings is 1. The third-order valence-electron chi connectivity index (χ3n) is 3.31. The Bertz CT molecular complexity index is 870. The molecule has 0 aliphatic carbocycles. The summed E-state index contributed by atoms with van der Waals surface area (Å²) in [5.74, 6) is 0.460. The first-order chi connectivity index (χ1) is 11.8. The van der Waals surface area contributed by atoms with Gasteiger partial charge in [-0.25, -0.2) is 9.97 Å². The van der Waals surface area contributed by atoms with Gasteiger partial charge in [0, 0.05) is 10.7 Å². The SMILES string of the molecule is Nc1nccc(N(Cc2cocn2)c2ccc(C(F)(F)F)cc2Br)n1. The van der Waals surface area contributed by atoms with E-state index in [0.29, 0.717) is 17.2 Å². The van der Waals surface area contributed by atoms with E-state index in [9.17, 15) is 13.2 Å². The Morgan fingerprint density at radius 2 is 2.00 bits per heavy atom. The molecule has 2 heterocycles. The summed E-state index contributed by atoms with van der Waals surface area (Å²) in [6.45, 7) is 0.219. The van der Waals surface area contributed by atoms with Crippen molar-refractivity contribution in [3.05, 3.63) is 58.8 Å². The van der Waals surface area contributed by atoms with E-state index in [1.807, 2.05) is 0 Å². The Balaban J connectivity index is 2.05. The van der Waals surface area contributed by atoms with Crippen molar-refractivity contribution in [2.24, 2.45) is 0 Å². The largest absolute Gasteiger partial charge is 0.451 e. The Kier molecular flexibility index (Phi) is 4.62. The van der Waals surface area contributed by atoms with Crippen LogP contribution in [-0.4, -0.2) is 15.0 Å². The highest BCUT2D eigenvalue weighted by molar-refractivity contribution is 9.10. The lowest BCUT2D eigenvalue weighted by atomic mass is 10.2. The maximum Gasteiger partial charge on any atom is 0.416 e. The van der Waals surface area contributed by atoms with Crippen LogP contribution in [0.1, 0.15) is 11.3 Å². The molecule has 0 amide bonds. The van der Waals surface area contributed by atoms with Crippen LogP contribution in [0.25, 0.3) is 0 Å². The molecule has 2 N–H and O–H groups in total. The van der Waals surface area contributed by atoms with Crippen molar-refractivity contribution in [3.8, 4) is 0 Å². The van der Waals surface area contributed by atoms with E-state index in [2.05, 4.69) is 30.9 Å². The number of alkyl halides is 3. The molecule has 0 fully saturated rings. The Morgan fingerprint density at radius 3 is 2.60 bits per heavy atom. The molecule has 2 aromatic heterocycles. The first kappa shape index (κ1) is 17.2. The van der Waals surface area contributed by atoms with Crippen LogP contribution in [0.15, 0.2) is 52.0 Å². The molecule has 6 nitrogen and oxygen atoms in total. The highest BCUT2D eigenvalue weighted by Crippen LogP contribution is 2.37. The van der Waals surface area contributed by atoms with E-state index in [0.717, 1.165) is 12.1 Å². The number of anilines is 3. The minimum absolute atomic E-state index is 0.0469. The van der Waals surface area contributed by atoms with Gasteiger partial charge < -0.3 is 15.1 Å². The van der Waals surface area contributed by atoms with Crippen molar-refractivity contribution >= 4 is 33.4 Å².